The van der Waals surface area contributed by atoms with E-state index < -0.39 is 0 Å². The van der Waals surface area contributed by atoms with Gasteiger partial charge in [-0.2, -0.15) is 11.8 Å². The number of rotatable bonds is 6. The molecule has 0 bridgehead atoms. The van der Waals surface area contributed by atoms with E-state index in [2.05, 4.69) is 47.6 Å². The third kappa shape index (κ3) is 4.62. The summed E-state index contributed by atoms with van der Waals surface area (Å²) < 4.78 is 0. The molecule has 0 aromatic carbocycles. The summed E-state index contributed by atoms with van der Waals surface area (Å²) in [4.78, 5) is 5.37. The number of piperidine rings is 1. The first kappa shape index (κ1) is 16.6. The first-order valence-electron chi connectivity index (χ1n) is 8.50. The summed E-state index contributed by atoms with van der Waals surface area (Å²) in [7, 11) is 0. The van der Waals surface area contributed by atoms with E-state index in [9.17, 15) is 0 Å². The highest BCUT2D eigenvalue weighted by Crippen LogP contribution is 2.23. The van der Waals surface area contributed by atoms with Gasteiger partial charge in [0, 0.05) is 49.8 Å². The van der Waals surface area contributed by atoms with Gasteiger partial charge in [0.05, 0.1) is 0 Å². The van der Waals surface area contributed by atoms with Crippen LogP contribution in [0.5, 0.6) is 0 Å². The van der Waals surface area contributed by atoms with Crippen LogP contribution in [-0.2, 0) is 0 Å². The van der Waals surface area contributed by atoms with Crippen LogP contribution in [0.2, 0.25) is 0 Å². The maximum Gasteiger partial charge on any atom is 0.0120 e. The van der Waals surface area contributed by atoms with Crippen molar-refractivity contribution < 1.29 is 0 Å². The van der Waals surface area contributed by atoms with Gasteiger partial charge in [-0.05, 0) is 38.8 Å². The summed E-state index contributed by atoms with van der Waals surface area (Å²) in [6.07, 6.45) is 2.57. The molecule has 20 heavy (non-hydrogen) atoms. The lowest BCUT2D eigenvalue weighted by molar-refractivity contribution is 0.0750. The molecule has 0 aromatic rings. The molecule has 2 aliphatic heterocycles. The molecule has 1 N–H and O–H groups in total. The molecular weight excluding hydrogens is 266 g/mol. The molecule has 118 valence electrons. The van der Waals surface area contributed by atoms with Gasteiger partial charge in [0.1, 0.15) is 0 Å². The molecular formula is C16H33N3S. The zero-order chi connectivity index (χ0) is 14.4. The van der Waals surface area contributed by atoms with Gasteiger partial charge in [0.15, 0.2) is 0 Å². The lowest BCUT2D eigenvalue weighted by atomic mass is 9.87. The van der Waals surface area contributed by atoms with Crippen LogP contribution in [0.3, 0.4) is 0 Å². The Morgan fingerprint density at radius 3 is 2.55 bits per heavy atom. The van der Waals surface area contributed by atoms with Gasteiger partial charge in [-0.15, -0.1) is 0 Å². The minimum absolute atomic E-state index is 0.720. The van der Waals surface area contributed by atoms with Crippen LogP contribution >= 0.6 is 11.8 Å². The molecule has 0 amide bonds. The Hall–Kier alpha value is 0.230. The number of likely N-dealkylation sites (tertiary alicyclic amines) is 1. The quantitative estimate of drug-likeness (QED) is 0.809. The van der Waals surface area contributed by atoms with E-state index >= 15 is 0 Å². The van der Waals surface area contributed by atoms with E-state index in [1.165, 1.54) is 63.6 Å². The molecule has 0 aliphatic carbocycles. The maximum absolute atomic E-state index is 3.74. The number of nitrogens with zero attached hydrogens (tertiary/aromatic N) is 2. The van der Waals surface area contributed by atoms with Crippen molar-refractivity contribution in [3.05, 3.63) is 0 Å². The van der Waals surface area contributed by atoms with Crippen LogP contribution < -0.4 is 5.32 Å². The molecule has 2 saturated heterocycles. The second-order valence-electron chi connectivity index (χ2n) is 6.44. The van der Waals surface area contributed by atoms with Crippen molar-refractivity contribution in [1.29, 1.82) is 0 Å². The molecule has 2 heterocycles. The van der Waals surface area contributed by atoms with Gasteiger partial charge in [-0.25, -0.2) is 0 Å². The zero-order valence-electron chi connectivity index (χ0n) is 13.6. The van der Waals surface area contributed by atoms with Crippen molar-refractivity contribution >= 4 is 11.8 Å². The second kappa shape index (κ2) is 8.62. The van der Waals surface area contributed by atoms with Gasteiger partial charge in [0.25, 0.3) is 0 Å². The van der Waals surface area contributed by atoms with Gasteiger partial charge < -0.3 is 10.2 Å². The van der Waals surface area contributed by atoms with Crippen molar-refractivity contribution in [2.45, 2.75) is 45.7 Å². The third-order valence-electron chi connectivity index (χ3n) is 5.16. The highest BCUT2D eigenvalue weighted by atomic mass is 32.2. The number of hydrogen-bond donors (Lipinski definition) is 1. The SMILES string of the molecule is CCCNC1CCN(CCN2CCSCC2)C(C)C1C. The van der Waals surface area contributed by atoms with Crippen LogP contribution in [0.1, 0.15) is 33.6 Å². The second-order valence-corrected chi connectivity index (χ2v) is 7.66. The summed E-state index contributed by atoms with van der Waals surface area (Å²) >= 11 is 2.11. The third-order valence-corrected chi connectivity index (χ3v) is 6.11. The first-order valence-corrected chi connectivity index (χ1v) is 9.65. The van der Waals surface area contributed by atoms with Gasteiger partial charge in [0.2, 0.25) is 0 Å². The Balaban J connectivity index is 1.73. The fourth-order valence-electron chi connectivity index (χ4n) is 3.47. The molecule has 0 radical (unpaired) electrons. The predicted octanol–water partition coefficient (Wildman–Crippen LogP) is 2.13. The van der Waals surface area contributed by atoms with Crippen molar-refractivity contribution in [2.75, 3.05) is 50.8 Å². The average molecular weight is 300 g/mol. The van der Waals surface area contributed by atoms with E-state index in [4.69, 9.17) is 0 Å². The minimum atomic E-state index is 0.720. The fraction of sp³-hybridized carbons (Fsp3) is 1.00. The van der Waals surface area contributed by atoms with E-state index in [0.717, 1.165) is 18.0 Å². The molecule has 2 aliphatic rings. The van der Waals surface area contributed by atoms with Gasteiger partial charge in [-0.3, -0.25) is 4.90 Å². The smallest absolute Gasteiger partial charge is 0.0120 e. The standard InChI is InChI=1S/C16H33N3S/c1-4-6-17-16-5-7-19(15(3)14(16)2)9-8-18-10-12-20-13-11-18/h14-17H,4-13H2,1-3H3. The van der Waals surface area contributed by atoms with E-state index in [1.807, 2.05) is 0 Å². The molecule has 0 aromatic heterocycles. The maximum atomic E-state index is 3.74. The lowest BCUT2D eigenvalue weighted by Gasteiger charge is -2.44. The van der Waals surface area contributed by atoms with Crippen molar-refractivity contribution in [3.63, 3.8) is 0 Å². The van der Waals surface area contributed by atoms with Crippen LogP contribution in [0.4, 0.5) is 0 Å². The molecule has 2 rings (SSSR count). The monoisotopic (exact) mass is 299 g/mol. The Morgan fingerprint density at radius 2 is 1.85 bits per heavy atom. The lowest BCUT2D eigenvalue weighted by Crippen LogP contribution is -2.55. The van der Waals surface area contributed by atoms with Crippen LogP contribution in [0, 0.1) is 5.92 Å². The highest BCUT2D eigenvalue weighted by molar-refractivity contribution is 7.99. The summed E-state index contributed by atoms with van der Waals surface area (Å²) in [5, 5.41) is 3.74. The van der Waals surface area contributed by atoms with E-state index in [-0.39, 0.29) is 0 Å². The molecule has 3 unspecified atom stereocenters. The molecule has 0 spiro atoms. The fourth-order valence-corrected chi connectivity index (χ4v) is 4.45. The molecule has 4 heteroatoms. The van der Waals surface area contributed by atoms with Gasteiger partial charge in [-0.1, -0.05) is 13.8 Å². The van der Waals surface area contributed by atoms with Crippen LogP contribution in [-0.4, -0.2) is 72.7 Å². The summed E-state index contributed by atoms with van der Waals surface area (Å²) in [6, 6.07) is 1.45. The normalized spacial score (nSPS) is 33.5. The van der Waals surface area contributed by atoms with E-state index in [0.29, 0.717) is 0 Å². The minimum Gasteiger partial charge on any atom is -0.314 e. The Bertz CT molecular complexity index is 268. The summed E-state index contributed by atoms with van der Waals surface area (Å²) in [5.41, 5.74) is 0. The molecule has 3 nitrogen and oxygen atoms in total. The molecule has 0 saturated carbocycles. The van der Waals surface area contributed by atoms with Crippen molar-refractivity contribution in [1.82, 2.24) is 15.1 Å². The van der Waals surface area contributed by atoms with Crippen molar-refractivity contribution in [2.24, 2.45) is 5.92 Å². The van der Waals surface area contributed by atoms with Crippen molar-refractivity contribution in [3.8, 4) is 0 Å². The Labute approximate surface area is 129 Å². The number of hydrogen-bond acceptors (Lipinski definition) is 4. The van der Waals surface area contributed by atoms with Crippen LogP contribution in [0.25, 0.3) is 0 Å². The Kier molecular flexibility index (Phi) is 7.15. The zero-order valence-corrected chi connectivity index (χ0v) is 14.4. The topological polar surface area (TPSA) is 18.5 Å². The molecule has 2 fully saturated rings. The Morgan fingerprint density at radius 1 is 1.10 bits per heavy atom. The van der Waals surface area contributed by atoms with E-state index in [1.54, 1.807) is 0 Å². The first-order chi connectivity index (χ1) is 9.72. The summed E-state index contributed by atoms with van der Waals surface area (Å²) in [5.74, 6) is 3.43. The highest BCUT2D eigenvalue weighted by Gasteiger charge is 2.31. The predicted molar refractivity (Wildman–Crippen MR) is 90.7 cm³/mol. The summed E-state index contributed by atoms with van der Waals surface area (Å²) in [6.45, 7) is 14.7. The van der Waals surface area contributed by atoms with Gasteiger partial charge >= 0.3 is 0 Å². The molecule has 3 atom stereocenters. The number of nitrogens with one attached hydrogen (secondary N) is 1. The average Bonchev–Trinajstić information content (AvgIpc) is 2.49. The largest absolute Gasteiger partial charge is 0.314 e. The number of thioether (sulfide) groups is 1. The van der Waals surface area contributed by atoms with Crippen LogP contribution in [0.15, 0.2) is 0 Å².